The van der Waals surface area contributed by atoms with Crippen LogP contribution in [0.25, 0.3) is 11.1 Å². The molecule has 27 heavy (non-hydrogen) atoms. The number of ether oxygens (including phenoxy) is 1. The van der Waals surface area contributed by atoms with Gasteiger partial charge in [-0.05, 0) is 53.9 Å². The van der Waals surface area contributed by atoms with Crippen molar-refractivity contribution in [3.05, 3.63) is 72.3 Å². The molecule has 1 amide bonds. The molecule has 140 valence electrons. The third-order valence-corrected chi connectivity index (χ3v) is 5.89. The Morgan fingerprint density at radius 1 is 1.11 bits per heavy atom. The summed E-state index contributed by atoms with van der Waals surface area (Å²) in [6, 6.07) is 16.9. The fourth-order valence-electron chi connectivity index (χ4n) is 4.51. The van der Waals surface area contributed by atoms with Crippen LogP contribution in [-0.2, 0) is 4.74 Å². The van der Waals surface area contributed by atoms with E-state index in [1.54, 1.807) is 0 Å². The summed E-state index contributed by atoms with van der Waals surface area (Å²) in [5, 5.41) is 0. The average Bonchev–Trinajstić information content (AvgIpc) is 3.04. The molecule has 1 aliphatic carbocycles. The van der Waals surface area contributed by atoms with Gasteiger partial charge in [0.25, 0.3) is 0 Å². The third-order valence-electron chi connectivity index (χ3n) is 5.89. The minimum atomic E-state index is -0.167. The highest BCUT2D eigenvalue weighted by Crippen LogP contribution is 2.44. The second-order valence-electron chi connectivity index (χ2n) is 7.62. The van der Waals surface area contributed by atoms with Crippen LogP contribution in [-0.4, -0.2) is 30.7 Å². The van der Waals surface area contributed by atoms with Crippen LogP contribution < -0.4 is 0 Å². The van der Waals surface area contributed by atoms with Crippen LogP contribution >= 0.6 is 0 Å². The third kappa shape index (κ3) is 3.64. The number of nitrogens with zero attached hydrogens (tertiary/aromatic N) is 1. The fraction of sp³-hybridized carbons (Fsp3) is 0.375. The summed E-state index contributed by atoms with van der Waals surface area (Å²) < 4.78 is 5.80. The first-order valence-corrected chi connectivity index (χ1v) is 9.98. The number of hydrogen-bond acceptors (Lipinski definition) is 2. The Bertz CT molecular complexity index is 783. The summed E-state index contributed by atoms with van der Waals surface area (Å²) in [4.78, 5) is 14.6. The van der Waals surface area contributed by atoms with Crippen molar-refractivity contribution in [3.63, 3.8) is 0 Å². The molecule has 1 heterocycles. The second-order valence-corrected chi connectivity index (χ2v) is 7.62. The molecule has 4 rings (SSSR count). The van der Waals surface area contributed by atoms with E-state index in [1.165, 1.54) is 28.7 Å². The van der Waals surface area contributed by atoms with Crippen LogP contribution in [0.5, 0.6) is 0 Å². The lowest BCUT2D eigenvalue weighted by Crippen LogP contribution is -2.40. The molecule has 0 aromatic heterocycles. The molecule has 1 atom stereocenters. The summed E-state index contributed by atoms with van der Waals surface area (Å²) in [6.45, 7) is 5.82. The van der Waals surface area contributed by atoms with Gasteiger partial charge in [0.05, 0.1) is 0 Å². The van der Waals surface area contributed by atoms with E-state index in [4.69, 9.17) is 4.74 Å². The normalized spacial score (nSPS) is 18.7. The molecule has 2 aromatic carbocycles. The number of rotatable bonds is 5. The number of allylic oxidation sites excluding steroid dienone is 1. The van der Waals surface area contributed by atoms with Crippen molar-refractivity contribution >= 4 is 6.09 Å². The lowest BCUT2D eigenvalue weighted by Gasteiger charge is -2.32. The number of hydrogen-bond donors (Lipinski definition) is 0. The van der Waals surface area contributed by atoms with Crippen LogP contribution in [0.15, 0.2) is 61.2 Å². The highest BCUT2D eigenvalue weighted by molar-refractivity contribution is 5.79. The molecule has 3 nitrogen and oxygen atoms in total. The number of carbonyl (C=O) groups is 1. The van der Waals surface area contributed by atoms with Gasteiger partial charge in [-0.1, -0.05) is 54.6 Å². The van der Waals surface area contributed by atoms with Crippen LogP contribution in [0, 0.1) is 5.92 Å². The van der Waals surface area contributed by atoms with Gasteiger partial charge in [-0.25, -0.2) is 4.79 Å². The first-order valence-electron chi connectivity index (χ1n) is 9.98. The molecule has 1 unspecified atom stereocenters. The number of fused-ring (bicyclic) bond motifs is 3. The van der Waals surface area contributed by atoms with Crippen LogP contribution in [0.4, 0.5) is 4.79 Å². The van der Waals surface area contributed by atoms with Gasteiger partial charge < -0.3 is 9.64 Å². The molecule has 2 aromatic rings. The summed E-state index contributed by atoms with van der Waals surface area (Å²) in [7, 11) is 0. The predicted molar refractivity (Wildman–Crippen MR) is 109 cm³/mol. The molecule has 1 saturated heterocycles. The highest BCUT2D eigenvalue weighted by Gasteiger charge is 2.30. The van der Waals surface area contributed by atoms with Crippen LogP contribution in [0.2, 0.25) is 0 Å². The number of carbonyl (C=O) groups excluding carboxylic acids is 1. The Labute approximate surface area is 161 Å². The van der Waals surface area contributed by atoms with Gasteiger partial charge in [0.15, 0.2) is 0 Å². The maximum Gasteiger partial charge on any atom is 0.409 e. The Balaban J connectivity index is 1.43. The summed E-state index contributed by atoms with van der Waals surface area (Å²) in [5.41, 5.74) is 5.04. The van der Waals surface area contributed by atoms with Crippen LogP contribution in [0.1, 0.15) is 42.7 Å². The molecule has 1 fully saturated rings. The van der Waals surface area contributed by atoms with Gasteiger partial charge in [-0.3, -0.25) is 0 Å². The van der Waals surface area contributed by atoms with E-state index in [0.29, 0.717) is 12.5 Å². The fourth-order valence-corrected chi connectivity index (χ4v) is 4.51. The van der Waals surface area contributed by atoms with E-state index >= 15 is 0 Å². The van der Waals surface area contributed by atoms with Gasteiger partial charge >= 0.3 is 6.09 Å². The zero-order valence-corrected chi connectivity index (χ0v) is 15.8. The van der Waals surface area contributed by atoms with Gasteiger partial charge in [0.1, 0.15) is 6.61 Å². The molecular formula is C24H27NO2. The molecular weight excluding hydrogens is 334 g/mol. The van der Waals surface area contributed by atoms with Crippen molar-refractivity contribution in [1.82, 2.24) is 4.90 Å². The van der Waals surface area contributed by atoms with Gasteiger partial charge in [-0.15, -0.1) is 6.58 Å². The smallest absolute Gasteiger partial charge is 0.409 e. The first kappa shape index (κ1) is 17.8. The van der Waals surface area contributed by atoms with Gasteiger partial charge in [0, 0.05) is 19.0 Å². The molecule has 0 spiro atoms. The largest absolute Gasteiger partial charge is 0.448 e. The minimum absolute atomic E-state index is 0.128. The van der Waals surface area contributed by atoms with Gasteiger partial charge in [0.2, 0.25) is 0 Å². The highest BCUT2D eigenvalue weighted by atomic mass is 16.6. The molecule has 0 saturated carbocycles. The van der Waals surface area contributed by atoms with E-state index in [9.17, 15) is 4.79 Å². The second kappa shape index (κ2) is 7.99. The maximum absolute atomic E-state index is 12.7. The van der Waals surface area contributed by atoms with Crippen molar-refractivity contribution < 1.29 is 9.53 Å². The van der Waals surface area contributed by atoms with E-state index in [-0.39, 0.29) is 12.0 Å². The lowest BCUT2D eigenvalue weighted by molar-refractivity contribution is 0.0813. The lowest BCUT2D eigenvalue weighted by atomic mass is 9.94. The molecule has 3 heteroatoms. The quantitative estimate of drug-likeness (QED) is 0.648. The van der Waals surface area contributed by atoms with E-state index in [1.807, 2.05) is 11.0 Å². The van der Waals surface area contributed by atoms with E-state index < -0.39 is 0 Å². The van der Waals surface area contributed by atoms with E-state index in [2.05, 4.69) is 55.1 Å². The Kier molecular flexibility index (Phi) is 5.28. The number of amides is 1. The monoisotopic (exact) mass is 361 g/mol. The van der Waals surface area contributed by atoms with Crippen molar-refractivity contribution in [3.8, 4) is 11.1 Å². The topological polar surface area (TPSA) is 29.5 Å². The molecule has 0 radical (unpaired) electrons. The standard InChI is InChI=1S/C24H27NO2/c1-2-3-9-18-10-8-15-25(16-18)24(26)27-17-23-21-13-6-4-11-19(21)20-12-5-7-14-22(20)23/h2,4-7,11-14,18,23H,1,3,8-10,15-17H2. The van der Waals surface area contributed by atoms with Crippen molar-refractivity contribution in [1.29, 1.82) is 0 Å². The SMILES string of the molecule is C=CCCC1CCCN(C(=O)OCC2c3ccccc3-c3ccccc32)C1. The zero-order chi connectivity index (χ0) is 18.6. The molecule has 1 aliphatic heterocycles. The zero-order valence-electron chi connectivity index (χ0n) is 15.8. The Morgan fingerprint density at radius 3 is 2.44 bits per heavy atom. The molecule has 0 bridgehead atoms. The summed E-state index contributed by atoms with van der Waals surface area (Å²) >= 11 is 0. The minimum Gasteiger partial charge on any atom is -0.448 e. The summed E-state index contributed by atoms with van der Waals surface area (Å²) in [5.74, 6) is 0.694. The number of likely N-dealkylation sites (tertiary alicyclic amines) is 1. The predicted octanol–water partition coefficient (Wildman–Crippen LogP) is 5.61. The van der Waals surface area contributed by atoms with Crippen molar-refractivity contribution in [2.45, 2.75) is 31.6 Å². The van der Waals surface area contributed by atoms with Crippen LogP contribution in [0.3, 0.4) is 0 Å². The van der Waals surface area contributed by atoms with Gasteiger partial charge in [-0.2, -0.15) is 0 Å². The van der Waals surface area contributed by atoms with Crippen molar-refractivity contribution in [2.24, 2.45) is 5.92 Å². The molecule has 0 N–H and O–H groups in total. The first-order chi connectivity index (χ1) is 13.3. The Hall–Kier alpha value is -2.55. The maximum atomic E-state index is 12.7. The number of piperidine rings is 1. The number of benzene rings is 2. The summed E-state index contributed by atoms with van der Waals surface area (Å²) in [6.07, 6.45) is 6.18. The molecule has 2 aliphatic rings. The van der Waals surface area contributed by atoms with Crippen molar-refractivity contribution in [2.75, 3.05) is 19.7 Å². The van der Waals surface area contributed by atoms with E-state index in [0.717, 1.165) is 32.4 Å². The average molecular weight is 361 g/mol. The Morgan fingerprint density at radius 2 is 1.78 bits per heavy atom.